The van der Waals surface area contributed by atoms with E-state index >= 15 is 0 Å². The number of rotatable bonds is 7. The molecule has 3 aromatic rings. The van der Waals surface area contributed by atoms with Crippen LogP contribution in [0.15, 0.2) is 64.1 Å². The number of amides is 2. The quantitative estimate of drug-likeness (QED) is 0.339. The number of hydrogen-bond acceptors (Lipinski definition) is 7. The van der Waals surface area contributed by atoms with Gasteiger partial charge in [-0.15, -0.1) is 0 Å². The zero-order valence-corrected chi connectivity index (χ0v) is 16.6. The lowest BCUT2D eigenvalue weighted by Crippen LogP contribution is -2.18. The first kappa shape index (κ1) is 21.2. The second-order valence-corrected chi connectivity index (χ2v) is 6.30. The molecule has 0 spiro atoms. The molecule has 0 aliphatic heterocycles. The average Bonchev–Trinajstić information content (AvgIpc) is 3.21. The first-order chi connectivity index (χ1) is 14.9. The van der Waals surface area contributed by atoms with Crippen molar-refractivity contribution in [2.24, 2.45) is 5.10 Å². The van der Waals surface area contributed by atoms with Crippen LogP contribution in [0.1, 0.15) is 23.0 Å². The molecule has 0 fully saturated rings. The van der Waals surface area contributed by atoms with E-state index in [2.05, 4.69) is 15.8 Å². The third-order valence-corrected chi connectivity index (χ3v) is 4.10. The molecule has 0 aliphatic carbocycles. The molecule has 0 atom stereocenters. The van der Waals surface area contributed by atoms with Crippen molar-refractivity contribution in [1.82, 2.24) is 5.43 Å². The summed E-state index contributed by atoms with van der Waals surface area (Å²) in [6, 6.07) is 13.9. The highest BCUT2D eigenvalue weighted by Gasteiger charge is 2.19. The highest BCUT2D eigenvalue weighted by Crippen LogP contribution is 2.33. The number of nitrogens with one attached hydrogen (secondary N) is 2. The van der Waals surface area contributed by atoms with Crippen molar-refractivity contribution in [3.63, 3.8) is 0 Å². The molecule has 0 saturated carbocycles. The Labute approximate surface area is 176 Å². The van der Waals surface area contributed by atoms with E-state index in [4.69, 9.17) is 9.15 Å². The van der Waals surface area contributed by atoms with Crippen molar-refractivity contribution in [3.05, 3.63) is 76.0 Å². The van der Waals surface area contributed by atoms with Gasteiger partial charge >= 0.3 is 0 Å². The van der Waals surface area contributed by atoms with Crippen LogP contribution < -0.4 is 15.5 Å². The van der Waals surface area contributed by atoms with Crippen LogP contribution >= 0.6 is 0 Å². The second-order valence-electron chi connectivity index (χ2n) is 6.30. The van der Waals surface area contributed by atoms with E-state index in [-0.39, 0.29) is 28.7 Å². The van der Waals surface area contributed by atoms with Gasteiger partial charge in [0.15, 0.2) is 0 Å². The molecule has 0 unspecified atom stereocenters. The van der Waals surface area contributed by atoms with Crippen LogP contribution in [0.5, 0.6) is 5.75 Å². The van der Waals surface area contributed by atoms with Crippen LogP contribution in [0, 0.1) is 10.1 Å². The molecule has 10 heteroatoms. The first-order valence-electron chi connectivity index (χ1n) is 9.01. The normalized spacial score (nSPS) is 10.6. The predicted molar refractivity (Wildman–Crippen MR) is 113 cm³/mol. The molecule has 0 radical (unpaired) electrons. The maximum absolute atomic E-state index is 12.2. The number of carbonyl (C=O) groups is 2. The van der Waals surface area contributed by atoms with E-state index in [0.717, 1.165) is 0 Å². The Morgan fingerprint density at radius 2 is 1.97 bits per heavy atom. The maximum Gasteiger partial charge on any atom is 0.284 e. The van der Waals surface area contributed by atoms with Crippen molar-refractivity contribution in [1.29, 1.82) is 0 Å². The molecule has 2 amide bonds. The summed E-state index contributed by atoms with van der Waals surface area (Å²) in [5.74, 6) is 0.175. The third-order valence-electron chi connectivity index (χ3n) is 4.10. The number of hydrazone groups is 1. The predicted octanol–water partition coefficient (Wildman–Crippen LogP) is 3.59. The molecule has 158 valence electrons. The van der Waals surface area contributed by atoms with Crippen LogP contribution in [0.3, 0.4) is 0 Å². The number of benzene rings is 2. The lowest BCUT2D eigenvalue weighted by atomic mass is 10.1. The van der Waals surface area contributed by atoms with Gasteiger partial charge in [0, 0.05) is 18.2 Å². The number of methoxy groups -OCH3 is 1. The molecule has 10 nitrogen and oxygen atoms in total. The van der Waals surface area contributed by atoms with Crippen molar-refractivity contribution >= 4 is 29.4 Å². The standard InChI is InChI=1S/C21H18N4O6/c1-13(26)23-15-5-3-4-14(10-15)21(27)24-22-12-17-7-9-20(31-17)18-8-6-16(30-2)11-19(18)25(28)29/h3-12H,1-2H3,(H,23,26)(H,24,27). The van der Waals surface area contributed by atoms with Gasteiger partial charge in [-0.3, -0.25) is 19.7 Å². The van der Waals surface area contributed by atoms with Gasteiger partial charge in [-0.25, -0.2) is 5.43 Å². The van der Waals surface area contributed by atoms with Crippen molar-refractivity contribution in [3.8, 4) is 17.1 Å². The summed E-state index contributed by atoms with van der Waals surface area (Å²) in [4.78, 5) is 34.2. The fraction of sp³-hybridized carbons (Fsp3) is 0.0952. The van der Waals surface area contributed by atoms with Gasteiger partial charge in [0.1, 0.15) is 17.3 Å². The zero-order valence-electron chi connectivity index (χ0n) is 16.6. The molecule has 2 aromatic carbocycles. The molecule has 0 bridgehead atoms. The minimum absolute atomic E-state index is 0.162. The fourth-order valence-corrected chi connectivity index (χ4v) is 2.73. The minimum atomic E-state index is -0.524. The van der Waals surface area contributed by atoms with Gasteiger partial charge in [-0.05, 0) is 42.5 Å². The number of ether oxygens (including phenoxy) is 1. The molecular weight excluding hydrogens is 404 g/mol. The number of nitro groups is 1. The maximum atomic E-state index is 12.2. The van der Waals surface area contributed by atoms with Gasteiger partial charge in [0.25, 0.3) is 11.6 Å². The van der Waals surface area contributed by atoms with Crippen molar-refractivity contribution < 1.29 is 23.7 Å². The average molecular weight is 422 g/mol. The molecule has 2 N–H and O–H groups in total. The molecular formula is C21H18N4O6. The zero-order chi connectivity index (χ0) is 22.4. The summed E-state index contributed by atoms with van der Waals surface area (Å²) in [7, 11) is 1.42. The van der Waals surface area contributed by atoms with Crippen LogP contribution in [-0.4, -0.2) is 30.1 Å². The Bertz CT molecular complexity index is 1170. The largest absolute Gasteiger partial charge is 0.497 e. The van der Waals surface area contributed by atoms with E-state index in [0.29, 0.717) is 17.0 Å². The van der Waals surface area contributed by atoms with Crippen molar-refractivity contribution in [2.45, 2.75) is 6.92 Å². The van der Waals surface area contributed by atoms with Crippen LogP contribution in [0.2, 0.25) is 0 Å². The number of carbonyl (C=O) groups excluding carboxylic acids is 2. The number of hydrogen-bond donors (Lipinski definition) is 2. The fourth-order valence-electron chi connectivity index (χ4n) is 2.73. The number of anilines is 1. The van der Waals surface area contributed by atoms with E-state index in [1.165, 1.54) is 38.4 Å². The van der Waals surface area contributed by atoms with Crippen molar-refractivity contribution in [2.75, 3.05) is 12.4 Å². The number of nitro benzene ring substituents is 1. The topological polar surface area (TPSA) is 136 Å². The Hall–Kier alpha value is -4.47. The van der Waals surface area contributed by atoms with Gasteiger partial charge in [0.2, 0.25) is 5.91 Å². The van der Waals surface area contributed by atoms with E-state index < -0.39 is 10.8 Å². The van der Waals surface area contributed by atoms with Gasteiger partial charge < -0.3 is 14.5 Å². The SMILES string of the molecule is COc1ccc(-c2ccc(C=NNC(=O)c3cccc(NC(C)=O)c3)o2)c([N+](=O)[O-])c1. The third kappa shape index (κ3) is 5.32. The van der Waals surface area contributed by atoms with Crippen LogP contribution in [0.25, 0.3) is 11.3 Å². The van der Waals surface area contributed by atoms with Gasteiger partial charge in [-0.1, -0.05) is 6.07 Å². The van der Waals surface area contributed by atoms with E-state index in [1.807, 2.05) is 0 Å². The molecule has 31 heavy (non-hydrogen) atoms. The molecule has 1 heterocycles. The summed E-state index contributed by atoms with van der Waals surface area (Å²) in [5.41, 5.74) is 3.26. The smallest absolute Gasteiger partial charge is 0.284 e. The monoisotopic (exact) mass is 422 g/mol. The Morgan fingerprint density at radius 3 is 2.68 bits per heavy atom. The Kier molecular flexibility index (Phi) is 6.41. The second kappa shape index (κ2) is 9.35. The molecule has 3 rings (SSSR count). The highest BCUT2D eigenvalue weighted by atomic mass is 16.6. The van der Waals surface area contributed by atoms with Crippen LogP contribution in [-0.2, 0) is 4.79 Å². The highest BCUT2D eigenvalue weighted by molar-refractivity contribution is 5.97. The summed E-state index contributed by atoms with van der Waals surface area (Å²) < 4.78 is 10.6. The molecule has 0 saturated heterocycles. The Balaban J connectivity index is 1.71. The number of nitrogens with zero attached hydrogens (tertiary/aromatic N) is 2. The summed E-state index contributed by atoms with van der Waals surface area (Å²) in [6.45, 7) is 1.37. The van der Waals surface area contributed by atoms with Gasteiger partial charge in [0.05, 0.1) is 29.9 Å². The summed E-state index contributed by atoms with van der Waals surface area (Å²) in [6.07, 6.45) is 1.27. The van der Waals surface area contributed by atoms with E-state index in [9.17, 15) is 19.7 Å². The van der Waals surface area contributed by atoms with E-state index in [1.54, 1.807) is 36.4 Å². The van der Waals surface area contributed by atoms with Gasteiger partial charge in [-0.2, -0.15) is 5.10 Å². The summed E-state index contributed by atoms with van der Waals surface area (Å²) in [5, 5.41) is 17.8. The Morgan fingerprint density at radius 1 is 1.16 bits per heavy atom. The molecule has 1 aromatic heterocycles. The lowest BCUT2D eigenvalue weighted by Gasteiger charge is -2.04. The number of furan rings is 1. The minimum Gasteiger partial charge on any atom is -0.497 e. The molecule has 0 aliphatic rings. The lowest BCUT2D eigenvalue weighted by molar-refractivity contribution is -0.384. The van der Waals surface area contributed by atoms with Crippen LogP contribution in [0.4, 0.5) is 11.4 Å². The summed E-state index contributed by atoms with van der Waals surface area (Å²) >= 11 is 0. The first-order valence-corrected chi connectivity index (χ1v) is 9.01.